The molecule has 1 aromatic carbocycles. The molecule has 0 bridgehead atoms. The molecule has 1 atom stereocenters. The monoisotopic (exact) mass is 407 g/mol. The summed E-state index contributed by atoms with van der Waals surface area (Å²) in [6, 6.07) is 9.48. The zero-order valence-corrected chi connectivity index (χ0v) is 15.9. The largest absolute Gasteiger partial charge is 0.503 e. The standard InChI is InChI=1S/C19H18ClNO5S/c20-13-5-2-1-4-12(13)16-15(17(23)14-6-3-11-27-14)18(24)19(25)21(16)7-9-26-10-8-22/h1-6,11,16,22,24H,7-10H2. The van der Waals surface area contributed by atoms with Crippen LogP contribution in [0.5, 0.6) is 0 Å². The molecule has 0 fully saturated rings. The Morgan fingerprint density at radius 1 is 1.22 bits per heavy atom. The van der Waals surface area contributed by atoms with Crippen LogP contribution in [-0.2, 0) is 9.53 Å². The third-order valence-corrected chi connectivity index (χ3v) is 5.42. The minimum Gasteiger partial charge on any atom is -0.503 e. The molecule has 6 nitrogen and oxygen atoms in total. The summed E-state index contributed by atoms with van der Waals surface area (Å²) in [4.78, 5) is 27.5. The van der Waals surface area contributed by atoms with Crippen molar-refractivity contribution >= 4 is 34.6 Å². The van der Waals surface area contributed by atoms with Gasteiger partial charge in [0.25, 0.3) is 5.91 Å². The first-order valence-corrected chi connectivity index (χ1v) is 9.57. The fourth-order valence-corrected chi connectivity index (χ4v) is 3.92. The van der Waals surface area contributed by atoms with Gasteiger partial charge in [-0.3, -0.25) is 9.59 Å². The van der Waals surface area contributed by atoms with Gasteiger partial charge in [-0.25, -0.2) is 0 Å². The Kier molecular flexibility index (Phi) is 6.28. The number of ketones is 1. The van der Waals surface area contributed by atoms with Crippen molar-refractivity contribution in [3.05, 3.63) is 68.6 Å². The molecule has 0 saturated carbocycles. The van der Waals surface area contributed by atoms with E-state index in [9.17, 15) is 14.7 Å². The summed E-state index contributed by atoms with van der Waals surface area (Å²) in [5, 5.41) is 21.4. The molecule has 1 unspecified atom stereocenters. The zero-order chi connectivity index (χ0) is 19.4. The second-order valence-electron chi connectivity index (χ2n) is 5.83. The SMILES string of the molecule is O=C(C1=C(O)C(=O)N(CCOCCO)C1c1ccccc1Cl)c1cccs1. The van der Waals surface area contributed by atoms with Gasteiger partial charge in [0, 0.05) is 11.6 Å². The Morgan fingerprint density at radius 3 is 2.67 bits per heavy atom. The van der Waals surface area contributed by atoms with E-state index in [1.165, 1.54) is 16.2 Å². The molecule has 2 heterocycles. The van der Waals surface area contributed by atoms with E-state index in [1.807, 2.05) is 0 Å². The molecule has 2 N–H and O–H groups in total. The van der Waals surface area contributed by atoms with Gasteiger partial charge in [-0.15, -0.1) is 11.3 Å². The Hall–Kier alpha value is -2.19. The molecule has 1 aliphatic heterocycles. The number of Topliss-reactive ketones (excluding diaryl/α,β-unsaturated/α-hetero) is 1. The van der Waals surface area contributed by atoms with E-state index < -0.39 is 23.5 Å². The van der Waals surface area contributed by atoms with Crippen LogP contribution in [0.15, 0.2) is 53.1 Å². The molecule has 27 heavy (non-hydrogen) atoms. The summed E-state index contributed by atoms with van der Waals surface area (Å²) in [6.07, 6.45) is 0. The first kappa shape index (κ1) is 19.6. The predicted molar refractivity (Wildman–Crippen MR) is 102 cm³/mol. The molecule has 2 aromatic rings. The Labute approximate surface area is 165 Å². The summed E-state index contributed by atoms with van der Waals surface area (Å²) >= 11 is 7.57. The van der Waals surface area contributed by atoms with Gasteiger partial charge in [0.2, 0.25) is 5.78 Å². The number of rotatable bonds is 8. The third kappa shape index (κ3) is 3.91. The fraction of sp³-hybridized carbons (Fsp3) is 0.263. The molecular weight excluding hydrogens is 390 g/mol. The number of amides is 1. The first-order chi connectivity index (χ1) is 13.1. The lowest BCUT2D eigenvalue weighted by molar-refractivity contribution is -0.130. The molecular formula is C19H18ClNO5S. The number of nitrogens with zero attached hydrogens (tertiary/aromatic N) is 1. The highest BCUT2D eigenvalue weighted by Crippen LogP contribution is 2.41. The summed E-state index contributed by atoms with van der Waals surface area (Å²) in [7, 11) is 0. The predicted octanol–water partition coefficient (Wildman–Crippen LogP) is 2.99. The quantitative estimate of drug-likeness (QED) is 0.519. The maximum Gasteiger partial charge on any atom is 0.290 e. The average Bonchev–Trinajstić information content (AvgIpc) is 3.28. The molecule has 0 aliphatic carbocycles. The topological polar surface area (TPSA) is 87.1 Å². The number of carbonyl (C=O) groups is 2. The van der Waals surface area contributed by atoms with Crippen LogP contribution in [-0.4, -0.2) is 53.2 Å². The molecule has 1 amide bonds. The number of halogens is 1. The van der Waals surface area contributed by atoms with Crippen LogP contribution < -0.4 is 0 Å². The van der Waals surface area contributed by atoms with Crippen molar-refractivity contribution in [3.63, 3.8) is 0 Å². The average molecular weight is 408 g/mol. The minimum atomic E-state index is -0.807. The smallest absolute Gasteiger partial charge is 0.290 e. The number of aliphatic hydroxyl groups excluding tert-OH is 2. The van der Waals surface area contributed by atoms with Crippen LogP contribution in [0, 0.1) is 0 Å². The normalized spacial score (nSPS) is 17.0. The highest BCUT2D eigenvalue weighted by atomic mass is 35.5. The van der Waals surface area contributed by atoms with Gasteiger partial charge in [0.15, 0.2) is 5.76 Å². The number of hydrogen-bond acceptors (Lipinski definition) is 6. The third-order valence-electron chi connectivity index (χ3n) is 4.21. The second kappa shape index (κ2) is 8.67. The van der Waals surface area contributed by atoms with Gasteiger partial charge in [-0.05, 0) is 23.1 Å². The fourth-order valence-electron chi connectivity index (χ4n) is 3.01. The van der Waals surface area contributed by atoms with Gasteiger partial charge in [0.1, 0.15) is 0 Å². The summed E-state index contributed by atoms with van der Waals surface area (Å²) in [5.74, 6) is -1.62. The van der Waals surface area contributed by atoms with E-state index >= 15 is 0 Å². The van der Waals surface area contributed by atoms with Gasteiger partial charge in [-0.1, -0.05) is 35.9 Å². The number of ether oxygens (including phenoxy) is 1. The van der Waals surface area contributed by atoms with Gasteiger partial charge in [-0.2, -0.15) is 0 Å². The molecule has 8 heteroatoms. The van der Waals surface area contributed by atoms with E-state index in [0.29, 0.717) is 15.5 Å². The number of aliphatic hydroxyl groups is 2. The zero-order valence-electron chi connectivity index (χ0n) is 14.3. The van der Waals surface area contributed by atoms with Crippen LogP contribution in [0.3, 0.4) is 0 Å². The minimum absolute atomic E-state index is 0.0118. The van der Waals surface area contributed by atoms with E-state index in [4.69, 9.17) is 21.4 Å². The van der Waals surface area contributed by atoms with E-state index in [0.717, 1.165) is 0 Å². The Bertz CT molecular complexity index is 865. The molecule has 1 aromatic heterocycles. The van der Waals surface area contributed by atoms with Crippen LogP contribution in [0.1, 0.15) is 21.3 Å². The lowest BCUT2D eigenvalue weighted by Gasteiger charge is -2.27. The molecule has 3 rings (SSSR count). The number of carbonyl (C=O) groups excluding carboxylic acids is 2. The van der Waals surface area contributed by atoms with Crippen LogP contribution in [0.2, 0.25) is 5.02 Å². The second-order valence-corrected chi connectivity index (χ2v) is 7.18. The molecule has 0 saturated heterocycles. The summed E-state index contributed by atoms with van der Waals surface area (Å²) in [5.41, 5.74) is 0.566. The molecule has 1 aliphatic rings. The maximum atomic E-state index is 13.0. The highest BCUT2D eigenvalue weighted by Gasteiger charge is 2.44. The van der Waals surface area contributed by atoms with Crippen molar-refractivity contribution in [2.45, 2.75) is 6.04 Å². The van der Waals surface area contributed by atoms with Gasteiger partial charge >= 0.3 is 0 Å². The van der Waals surface area contributed by atoms with Crippen molar-refractivity contribution in [3.8, 4) is 0 Å². The number of thiophene rings is 1. The van der Waals surface area contributed by atoms with Crippen LogP contribution >= 0.6 is 22.9 Å². The maximum absolute atomic E-state index is 13.0. The first-order valence-electron chi connectivity index (χ1n) is 8.31. The molecule has 142 valence electrons. The van der Waals surface area contributed by atoms with Crippen molar-refractivity contribution < 1.29 is 24.5 Å². The van der Waals surface area contributed by atoms with E-state index in [1.54, 1.807) is 41.8 Å². The van der Waals surface area contributed by atoms with Crippen molar-refractivity contribution in [2.75, 3.05) is 26.4 Å². The Morgan fingerprint density at radius 2 is 2.00 bits per heavy atom. The number of hydrogen-bond donors (Lipinski definition) is 2. The summed E-state index contributed by atoms with van der Waals surface area (Å²) in [6.45, 7) is 0.299. The highest BCUT2D eigenvalue weighted by molar-refractivity contribution is 7.12. The molecule has 0 spiro atoms. The lowest BCUT2D eigenvalue weighted by atomic mass is 9.95. The van der Waals surface area contributed by atoms with Gasteiger partial charge in [0.05, 0.1) is 36.3 Å². The molecule has 0 radical (unpaired) electrons. The number of benzene rings is 1. The van der Waals surface area contributed by atoms with Crippen molar-refractivity contribution in [2.24, 2.45) is 0 Å². The van der Waals surface area contributed by atoms with Crippen molar-refractivity contribution in [1.82, 2.24) is 4.90 Å². The van der Waals surface area contributed by atoms with Gasteiger partial charge < -0.3 is 19.8 Å². The lowest BCUT2D eigenvalue weighted by Crippen LogP contribution is -2.34. The Balaban J connectivity index is 2.00. The van der Waals surface area contributed by atoms with Crippen LogP contribution in [0.4, 0.5) is 0 Å². The van der Waals surface area contributed by atoms with Crippen molar-refractivity contribution in [1.29, 1.82) is 0 Å². The van der Waals surface area contributed by atoms with E-state index in [2.05, 4.69) is 0 Å². The van der Waals surface area contributed by atoms with E-state index in [-0.39, 0.29) is 31.9 Å². The van der Waals surface area contributed by atoms with Crippen LogP contribution in [0.25, 0.3) is 0 Å². The summed E-state index contributed by atoms with van der Waals surface area (Å²) < 4.78 is 5.25.